The van der Waals surface area contributed by atoms with Gasteiger partial charge in [0, 0.05) is 48.9 Å². The molecule has 1 aromatic carbocycles. The molecule has 0 bridgehead atoms. The second kappa shape index (κ2) is 13.9. The highest BCUT2D eigenvalue weighted by atomic mass is 32.1. The molecular weight excluding hydrogens is 655 g/mol. The molecular formula is C37H45N7O5S. The SMILES string of the molecule is CC(C)(C)[C@H](NC(=O)NCc1ccncc1)C(=O)N1C[C@H]2[C@@H]([C@H]1C(=O)N[C@@H](C[C@@H]1CCNC1=O)C(=O)c1nc(-c3ccccc3)cs1)C2(C)C. The topological polar surface area (TPSA) is 162 Å². The zero-order valence-corrected chi connectivity index (χ0v) is 29.9. The normalized spacial score (nSPS) is 23.3. The van der Waals surface area contributed by atoms with Crippen molar-refractivity contribution in [2.45, 2.75) is 72.1 Å². The Kier molecular flexibility index (Phi) is 9.80. The number of amides is 5. The molecule has 0 unspecified atom stereocenters. The number of thiazole rings is 1. The summed E-state index contributed by atoms with van der Waals surface area (Å²) in [6, 6.07) is 9.82. The average Bonchev–Trinajstić information content (AvgIpc) is 3.65. The molecule has 264 valence electrons. The van der Waals surface area contributed by atoms with Crippen molar-refractivity contribution in [2.24, 2.45) is 28.6 Å². The van der Waals surface area contributed by atoms with Crippen LogP contribution >= 0.6 is 11.3 Å². The molecule has 12 nitrogen and oxygen atoms in total. The largest absolute Gasteiger partial charge is 0.356 e. The highest BCUT2D eigenvalue weighted by Crippen LogP contribution is 2.65. The van der Waals surface area contributed by atoms with Gasteiger partial charge in [-0.2, -0.15) is 0 Å². The van der Waals surface area contributed by atoms with Gasteiger partial charge in [-0.25, -0.2) is 9.78 Å². The van der Waals surface area contributed by atoms with Gasteiger partial charge in [-0.1, -0.05) is 65.0 Å². The molecule has 6 rings (SSSR count). The van der Waals surface area contributed by atoms with E-state index < -0.39 is 41.4 Å². The van der Waals surface area contributed by atoms with Gasteiger partial charge < -0.3 is 26.2 Å². The van der Waals surface area contributed by atoms with E-state index in [0.29, 0.717) is 25.2 Å². The van der Waals surface area contributed by atoms with E-state index >= 15 is 0 Å². The average molecular weight is 700 g/mol. The van der Waals surface area contributed by atoms with Crippen LogP contribution in [0, 0.1) is 28.6 Å². The number of aromatic nitrogens is 2. The standard InChI is InChI=1S/C37H45N7O5S/c1-36(2,3)30(43-35(49)40-18-21-11-14-38-15-12-21)34(48)44-19-24-27(37(24,4)5)28(44)32(47)41-25(17-23-13-16-39-31(23)46)29(45)33-42-26(20-50-33)22-9-7-6-8-10-22/h6-12,14-15,20,23-25,27-28,30H,13,16-19H2,1-5H3,(H,39,46)(H,41,47)(H2,40,43,49)/t23-,24-,25-,27-,28-,30+/m0/s1. The van der Waals surface area contributed by atoms with Crippen LogP contribution in [0.1, 0.15) is 62.8 Å². The monoisotopic (exact) mass is 699 g/mol. The van der Waals surface area contributed by atoms with Gasteiger partial charge in [0.25, 0.3) is 0 Å². The number of Topliss-reactive ketones (excluding diaryl/α,β-unsaturated/α-hetero) is 1. The Balaban J connectivity index is 1.22. The maximum atomic E-state index is 14.4. The number of hydrogen-bond acceptors (Lipinski definition) is 8. The number of carbonyl (C=O) groups excluding carboxylic acids is 5. The lowest BCUT2D eigenvalue weighted by atomic mass is 9.85. The lowest BCUT2D eigenvalue weighted by Gasteiger charge is -2.38. The smallest absolute Gasteiger partial charge is 0.315 e. The van der Waals surface area contributed by atoms with Crippen molar-refractivity contribution in [3.05, 3.63) is 70.8 Å². The second-order valence-corrected chi connectivity index (χ2v) is 16.1. The first-order chi connectivity index (χ1) is 23.8. The lowest BCUT2D eigenvalue weighted by molar-refractivity contribution is -0.143. The van der Waals surface area contributed by atoms with Crippen LogP contribution in [0.15, 0.2) is 60.2 Å². The van der Waals surface area contributed by atoms with Gasteiger partial charge in [-0.15, -0.1) is 11.3 Å². The maximum absolute atomic E-state index is 14.4. The van der Waals surface area contributed by atoms with E-state index in [2.05, 4.69) is 45.1 Å². The van der Waals surface area contributed by atoms with E-state index in [0.717, 1.165) is 11.1 Å². The number of nitrogens with one attached hydrogen (secondary N) is 4. The Labute approximate surface area is 296 Å². The Bertz CT molecular complexity index is 1760. The maximum Gasteiger partial charge on any atom is 0.315 e. The predicted molar refractivity (Wildman–Crippen MR) is 189 cm³/mol. The molecule has 2 aromatic heterocycles. The van der Waals surface area contributed by atoms with Gasteiger partial charge in [0.2, 0.25) is 23.5 Å². The summed E-state index contributed by atoms with van der Waals surface area (Å²) < 4.78 is 0. The fraction of sp³-hybridized carbons (Fsp3) is 0.486. The highest BCUT2D eigenvalue weighted by Gasteiger charge is 2.70. The summed E-state index contributed by atoms with van der Waals surface area (Å²) in [6.07, 6.45) is 3.96. The van der Waals surface area contributed by atoms with Gasteiger partial charge in [-0.05, 0) is 53.2 Å². The van der Waals surface area contributed by atoms with Gasteiger partial charge in [0.1, 0.15) is 12.1 Å². The van der Waals surface area contributed by atoms with Crippen molar-refractivity contribution in [1.29, 1.82) is 0 Å². The number of ketones is 1. The third kappa shape index (κ3) is 7.28. The second-order valence-electron chi connectivity index (χ2n) is 15.2. The Morgan fingerprint density at radius 1 is 1.06 bits per heavy atom. The zero-order valence-electron chi connectivity index (χ0n) is 29.1. The van der Waals surface area contributed by atoms with Gasteiger partial charge >= 0.3 is 6.03 Å². The van der Waals surface area contributed by atoms with Crippen molar-refractivity contribution < 1.29 is 24.0 Å². The molecule has 4 heterocycles. The zero-order chi connectivity index (χ0) is 35.8. The Hall–Kier alpha value is -4.65. The molecule has 3 aliphatic rings. The summed E-state index contributed by atoms with van der Waals surface area (Å²) in [5.74, 6) is -1.79. The van der Waals surface area contributed by atoms with Gasteiger partial charge in [0.15, 0.2) is 5.01 Å². The number of rotatable bonds is 11. The van der Waals surface area contributed by atoms with Crippen molar-refractivity contribution in [2.75, 3.05) is 13.1 Å². The predicted octanol–water partition coefficient (Wildman–Crippen LogP) is 3.80. The van der Waals surface area contributed by atoms with Crippen LogP contribution in [-0.2, 0) is 20.9 Å². The minimum absolute atomic E-state index is 0.0884. The number of benzene rings is 1. The minimum atomic E-state index is -1.01. The first kappa shape index (κ1) is 35.2. The number of urea groups is 1. The van der Waals surface area contributed by atoms with E-state index in [1.807, 2.05) is 56.5 Å². The molecule has 1 saturated carbocycles. The molecule has 4 N–H and O–H groups in total. The Morgan fingerprint density at radius 2 is 1.78 bits per heavy atom. The van der Waals surface area contributed by atoms with Crippen molar-refractivity contribution in [3.63, 3.8) is 0 Å². The molecule has 6 atom stereocenters. The number of likely N-dealkylation sites (tertiary alicyclic amines) is 1. The number of carbonyl (C=O) groups is 5. The summed E-state index contributed by atoms with van der Waals surface area (Å²) in [5.41, 5.74) is 1.53. The fourth-order valence-electron chi connectivity index (χ4n) is 7.41. The molecule has 5 amide bonds. The quantitative estimate of drug-likeness (QED) is 0.221. The van der Waals surface area contributed by atoms with E-state index in [1.165, 1.54) is 11.3 Å². The van der Waals surface area contributed by atoms with Gasteiger partial charge in [-0.3, -0.25) is 24.2 Å². The molecule has 3 fully saturated rings. The minimum Gasteiger partial charge on any atom is -0.356 e. The summed E-state index contributed by atoms with van der Waals surface area (Å²) in [5, 5.41) is 13.5. The van der Waals surface area contributed by atoms with Gasteiger partial charge in [0.05, 0.1) is 11.7 Å². The molecule has 50 heavy (non-hydrogen) atoms. The first-order valence-electron chi connectivity index (χ1n) is 17.1. The van der Waals surface area contributed by atoms with E-state index in [-0.39, 0.29) is 52.8 Å². The summed E-state index contributed by atoms with van der Waals surface area (Å²) in [7, 11) is 0. The van der Waals surface area contributed by atoms with E-state index in [4.69, 9.17) is 0 Å². The molecule has 3 aromatic rings. The van der Waals surface area contributed by atoms with Crippen molar-refractivity contribution in [1.82, 2.24) is 36.1 Å². The molecule has 0 spiro atoms. The Morgan fingerprint density at radius 3 is 2.44 bits per heavy atom. The first-order valence-corrected chi connectivity index (χ1v) is 18.0. The number of hydrogen-bond donors (Lipinski definition) is 4. The molecule has 2 saturated heterocycles. The lowest BCUT2D eigenvalue weighted by Crippen LogP contribution is -2.61. The number of pyridine rings is 1. The molecule has 1 aliphatic carbocycles. The highest BCUT2D eigenvalue weighted by molar-refractivity contribution is 7.12. The number of fused-ring (bicyclic) bond motifs is 1. The third-order valence-corrected chi connectivity index (χ3v) is 11.3. The third-order valence-electron chi connectivity index (χ3n) is 10.5. The van der Waals surface area contributed by atoms with Crippen molar-refractivity contribution >= 4 is 40.9 Å². The summed E-state index contributed by atoms with van der Waals surface area (Å²) >= 11 is 1.20. The van der Waals surface area contributed by atoms with E-state index in [9.17, 15) is 24.0 Å². The molecule has 0 radical (unpaired) electrons. The van der Waals surface area contributed by atoms with E-state index in [1.54, 1.807) is 29.4 Å². The van der Waals surface area contributed by atoms with Crippen LogP contribution in [-0.4, -0.2) is 75.6 Å². The molecule has 13 heteroatoms. The number of nitrogens with zero attached hydrogens (tertiary/aromatic N) is 3. The molecule has 2 aliphatic heterocycles. The van der Waals surface area contributed by atoms with Crippen LogP contribution in [0.4, 0.5) is 4.79 Å². The van der Waals surface area contributed by atoms with Crippen LogP contribution in [0.2, 0.25) is 0 Å². The number of piperidine rings is 1. The fourth-order valence-corrected chi connectivity index (χ4v) is 8.23. The summed E-state index contributed by atoms with van der Waals surface area (Å²) in [4.78, 5) is 78.7. The van der Waals surface area contributed by atoms with Crippen molar-refractivity contribution in [3.8, 4) is 11.3 Å². The summed E-state index contributed by atoms with van der Waals surface area (Å²) in [6.45, 7) is 10.9. The van der Waals surface area contributed by atoms with Crippen LogP contribution in [0.3, 0.4) is 0 Å². The van der Waals surface area contributed by atoms with Crippen LogP contribution in [0.5, 0.6) is 0 Å². The van der Waals surface area contributed by atoms with Crippen LogP contribution in [0.25, 0.3) is 11.3 Å². The van der Waals surface area contributed by atoms with Crippen LogP contribution < -0.4 is 21.3 Å².